The molecule has 0 radical (unpaired) electrons. The highest BCUT2D eigenvalue weighted by molar-refractivity contribution is 5.48. The van der Waals surface area contributed by atoms with E-state index in [-0.39, 0.29) is 0 Å². The zero-order valence-corrected chi connectivity index (χ0v) is 12.6. The molecule has 0 aliphatic carbocycles. The monoisotopic (exact) mass is 278 g/mol. The molecule has 1 saturated heterocycles. The van der Waals surface area contributed by atoms with Crippen molar-refractivity contribution >= 4 is 11.6 Å². The SMILES string of the molecule is CCCNc1cc(NC2CCCOC2)nc(CCC)n1. The highest BCUT2D eigenvalue weighted by Gasteiger charge is 2.15. The van der Waals surface area contributed by atoms with E-state index in [2.05, 4.69) is 34.4 Å². The van der Waals surface area contributed by atoms with E-state index in [9.17, 15) is 0 Å². The third-order valence-electron chi connectivity index (χ3n) is 3.31. The van der Waals surface area contributed by atoms with Gasteiger partial charge >= 0.3 is 0 Å². The molecule has 2 N–H and O–H groups in total. The summed E-state index contributed by atoms with van der Waals surface area (Å²) < 4.78 is 5.51. The first-order chi connectivity index (χ1) is 9.81. The Morgan fingerprint density at radius 2 is 2.10 bits per heavy atom. The third-order valence-corrected chi connectivity index (χ3v) is 3.31. The zero-order chi connectivity index (χ0) is 14.2. The number of hydrogen-bond donors (Lipinski definition) is 2. The van der Waals surface area contributed by atoms with Crippen molar-refractivity contribution in [2.75, 3.05) is 30.4 Å². The molecule has 1 aliphatic heterocycles. The molecule has 0 amide bonds. The van der Waals surface area contributed by atoms with E-state index in [1.165, 1.54) is 0 Å². The molecule has 2 heterocycles. The van der Waals surface area contributed by atoms with Crippen LogP contribution in [0.4, 0.5) is 11.6 Å². The number of ether oxygens (including phenoxy) is 1. The lowest BCUT2D eigenvalue weighted by Gasteiger charge is -2.24. The van der Waals surface area contributed by atoms with Gasteiger partial charge in [-0.25, -0.2) is 9.97 Å². The van der Waals surface area contributed by atoms with E-state index < -0.39 is 0 Å². The number of rotatable bonds is 7. The summed E-state index contributed by atoms with van der Waals surface area (Å²) in [6.07, 6.45) is 5.32. The van der Waals surface area contributed by atoms with Crippen LogP contribution < -0.4 is 10.6 Å². The number of hydrogen-bond acceptors (Lipinski definition) is 5. The minimum atomic E-state index is 0.368. The maximum atomic E-state index is 5.51. The lowest BCUT2D eigenvalue weighted by Crippen LogP contribution is -2.30. The first kappa shape index (κ1) is 15.0. The number of nitrogens with one attached hydrogen (secondary N) is 2. The van der Waals surface area contributed by atoms with Gasteiger partial charge < -0.3 is 15.4 Å². The Hall–Kier alpha value is -1.36. The highest BCUT2D eigenvalue weighted by Crippen LogP contribution is 2.16. The second kappa shape index (κ2) is 8.04. The number of nitrogens with zero attached hydrogens (tertiary/aromatic N) is 2. The number of aryl methyl sites for hydroxylation is 1. The van der Waals surface area contributed by atoms with Crippen LogP contribution in [-0.4, -0.2) is 35.8 Å². The Morgan fingerprint density at radius 3 is 2.80 bits per heavy atom. The van der Waals surface area contributed by atoms with E-state index in [0.717, 1.165) is 69.3 Å². The molecule has 0 saturated carbocycles. The average Bonchev–Trinajstić information content (AvgIpc) is 2.46. The fourth-order valence-electron chi connectivity index (χ4n) is 2.31. The van der Waals surface area contributed by atoms with Crippen molar-refractivity contribution in [1.29, 1.82) is 0 Å². The molecule has 0 spiro atoms. The van der Waals surface area contributed by atoms with Gasteiger partial charge in [0.15, 0.2) is 0 Å². The molecule has 112 valence electrons. The molecule has 1 fully saturated rings. The van der Waals surface area contributed by atoms with Crippen LogP contribution in [0.25, 0.3) is 0 Å². The quantitative estimate of drug-likeness (QED) is 0.803. The molecule has 5 nitrogen and oxygen atoms in total. The lowest BCUT2D eigenvalue weighted by atomic mass is 10.1. The van der Waals surface area contributed by atoms with Gasteiger partial charge in [-0.3, -0.25) is 0 Å². The molecule has 5 heteroatoms. The van der Waals surface area contributed by atoms with Crippen LogP contribution in [0.5, 0.6) is 0 Å². The van der Waals surface area contributed by atoms with Crippen molar-refractivity contribution in [3.63, 3.8) is 0 Å². The predicted molar refractivity (Wildman–Crippen MR) is 82.3 cm³/mol. The molecule has 1 aromatic rings. The molecule has 1 aromatic heterocycles. The van der Waals surface area contributed by atoms with Crippen molar-refractivity contribution < 1.29 is 4.74 Å². The third kappa shape index (κ3) is 4.63. The Balaban J connectivity index is 2.06. The van der Waals surface area contributed by atoms with Gasteiger partial charge in [0, 0.05) is 25.6 Å². The summed E-state index contributed by atoms with van der Waals surface area (Å²) in [7, 11) is 0. The molecule has 2 rings (SSSR count). The van der Waals surface area contributed by atoms with Gasteiger partial charge in [0.2, 0.25) is 0 Å². The summed E-state index contributed by atoms with van der Waals surface area (Å²) in [5.74, 6) is 2.75. The Labute approximate surface area is 121 Å². The second-order valence-corrected chi connectivity index (χ2v) is 5.29. The van der Waals surface area contributed by atoms with E-state index in [0.29, 0.717) is 6.04 Å². The van der Waals surface area contributed by atoms with Crippen molar-refractivity contribution in [3.8, 4) is 0 Å². The largest absolute Gasteiger partial charge is 0.379 e. The van der Waals surface area contributed by atoms with Gasteiger partial charge in [0.25, 0.3) is 0 Å². The van der Waals surface area contributed by atoms with E-state index in [1.807, 2.05) is 6.07 Å². The molecule has 0 aromatic carbocycles. The maximum Gasteiger partial charge on any atom is 0.133 e. The smallest absolute Gasteiger partial charge is 0.133 e. The molecule has 20 heavy (non-hydrogen) atoms. The van der Waals surface area contributed by atoms with Gasteiger partial charge in [-0.2, -0.15) is 0 Å². The zero-order valence-electron chi connectivity index (χ0n) is 12.6. The second-order valence-electron chi connectivity index (χ2n) is 5.29. The van der Waals surface area contributed by atoms with Crippen molar-refractivity contribution in [1.82, 2.24) is 9.97 Å². The Morgan fingerprint density at radius 1 is 1.25 bits per heavy atom. The highest BCUT2D eigenvalue weighted by atomic mass is 16.5. The van der Waals surface area contributed by atoms with Crippen LogP contribution in [0.2, 0.25) is 0 Å². The van der Waals surface area contributed by atoms with Crippen LogP contribution in [0.15, 0.2) is 6.07 Å². The van der Waals surface area contributed by atoms with Crippen molar-refractivity contribution in [2.45, 2.75) is 52.0 Å². The summed E-state index contributed by atoms with van der Waals surface area (Å²) in [6, 6.07) is 2.37. The Bertz CT molecular complexity index is 405. The van der Waals surface area contributed by atoms with Crippen LogP contribution in [0, 0.1) is 0 Å². The molecular formula is C15H26N4O. The summed E-state index contributed by atoms with van der Waals surface area (Å²) in [6.45, 7) is 6.89. The molecule has 0 bridgehead atoms. The normalized spacial score (nSPS) is 18.8. The first-order valence-electron chi connectivity index (χ1n) is 7.78. The molecule has 1 atom stereocenters. The summed E-state index contributed by atoms with van der Waals surface area (Å²) in [5, 5.41) is 6.83. The standard InChI is InChI=1S/C15H26N4O/c1-3-6-13-18-14(16-8-4-2)10-15(19-13)17-12-7-5-9-20-11-12/h10,12H,3-9,11H2,1-2H3,(H2,16,17,18,19). The number of aromatic nitrogens is 2. The first-order valence-corrected chi connectivity index (χ1v) is 7.78. The maximum absolute atomic E-state index is 5.51. The van der Waals surface area contributed by atoms with Gasteiger partial charge in [-0.1, -0.05) is 13.8 Å². The van der Waals surface area contributed by atoms with Crippen LogP contribution in [0.3, 0.4) is 0 Å². The van der Waals surface area contributed by atoms with Crippen molar-refractivity contribution in [3.05, 3.63) is 11.9 Å². The molecule has 1 aliphatic rings. The van der Waals surface area contributed by atoms with Gasteiger partial charge in [0.05, 0.1) is 12.6 Å². The van der Waals surface area contributed by atoms with Crippen LogP contribution in [-0.2, 0) is 11.2 Å². The summed E-state index contributed by atoms with van der Waals surface area (Å²) in [4.78, 5) is 9.17. The number of anilines is 2. The summed E-state index contributed by atoms with van der Waals surface area (Å²) >= 11 is 0. The lowest BCUT2D eigenvalue weighted by molar-refractivity contribution is 0.0875. The van der Waals surface area contributed by atoms with Gasteiger partial charge in [-0.15, -0.1) is 0 Å². The van der Waals surface area contributed by atoms with E-state index >= 15 is 0 Å². The minimum absolute atomic E-state index is 0.368. The topological polar surface area (TPSA) is 59.1 Å². The summed E-state index contributed by atoms with van der Waals surface area (Å²) in [5.41, 5.74) is 0. The van der Waals surface area contributed by atoms with Gasteiger partial charge in [0.1, 0.15) is 17.5 Å². The molecular weight excluding hydrogens is 252 g/mol. The minimum Gasteiger partial charge on any atom is -0.379 e. The van der Waals surface area contributed by atoms with Crippen molar-refractivity contribution in [2.24, 2.45) is 0 Å². The predicted octanol–water partition coefficient (Wildman–Crippen LogP) is 2.84. The fraction of sp³-hybridized carbons (Fsp3) is 0.733. The Kier molecular flexibility index (Phi) is 6.05. The van der Waals surface area contributed by atoms with Gasteiger partial charge in [-0.05, 0) is 25.7 Å². The molecule has 1 unspecified atom stereocenters. The van der Waals surface area contributed by atoms with E-state index in [4.69, 9.17) is 4.74 Å². The van der Waals surface area contributed by atoms with Crippen LogP contribution >= 0.6 is 0 Å². The average molecular weight is 278 g/mol. The van der Waals surface area contributed by atoms with E-state index in [1.54, 1.807) is 0 Å². The van der Waals surface area contributed by atoms with Crippen LogP contribution in [0.1, 0.15) is 45.4 Å². The fourth-order valence-corrected chi connectivity index (χ4v) is 2.31.